The predicted molar refractivity (Wildman–Crippen MR) is 102 cm³/mol. The second-order valence-corrected chi connectivity index (χ2v) is 7.59. The fraction of sp³-hybridized carbons (Fsp3) is 0.350. The van der Waals surface area contributed by atoms with Gasteiger partial charge in [-0.1, -0.05) is 6.07 Å². The van der Waals surface area contributed by atoms with Gasteiger partial charge < -0.3 is 9.64 Å². The van der Waals surface area contributed by atoms with Gasteiger partial charge in [0.2, 0.25) is 5.88 Å². The maximum absolute atomic E-state index is 13.0. The number of amides is 1. The highest BCUT2D eigenvalue weighted by Gasteiger charge is 2.31. The Kier molecular flexibility index (Phi) is 6.21. The van der Waals surface area contributed by atoms with E-state index in [1.54, 1.807) is 18.2 Å². The molecule has 0 unspecified atom stereocenters. The second-order valence-electron chi connectivity index (χ2n) is 6.73. The number of aldehydes is 1. The number of carbonyl (C=O) groups excluding carboxylic acids is 2. The normalized spacial score (nSPS) is 19.6. The number of likely N-dealkylation sites (tertiary alicyclic amines) is 1. The van der Waals surface area contributed by atoms with Crippen LogP contribution in [-0.2, 0) is 0 Å². The van der Waals surface area contributed by atoms with Crippen molar-refractivity contribution in [1.82, 2.24) is 9.88 Å². The van der Waals surface area contributed by atoms with Crippen molar-refractivity contribution in [3.8, 4) is 5.88 Å². The molecule has 1 aliphatic heterocycles. The van der Waals surface area contributed by atoms with Crippen molar-refractivity contribution in [3.63, 3.8) is 0 Å². The molecular formula is C20H20BrFN2O3. The molecule has 27 heavy (non-hydrogen) atoms. The number of nitrogens with zero attached hydrogens (tertiary/aromatic N) is 2. The van der Waals surface area contributed by atoms with Gasteiger partial charge in [0.05, 0.1) is 18.4 Å². The fourth-order valence-corrected chi connectivity index (χ4v) is 3.60. The first-order valence-electron chi connectivity index (χ1n) is 8.78. The third kappa shape index (κ3) is 4.71. The summed E-state index contributed by atoms with van der Waals surface area (Å²) in [6, 6.07) is 7.88. The van der Waals surface area contributed by atoms with E-state index in [-0.39, 0.29) is 17.9 Å². The first kappa shape index (κ1) is 19.5. The van der Waals surface area contributed by atoms with Crippen LogP contribution in [0, 0.1) is 11.7 Å². The third-order valence-electron chi connectivity index (χ3n) is 4.76. The number of piperidine rings is 1. The van der Waals surface area contributed by atoms with Gasteiger partial charge >= 0.3 is 0 Å². The summed E-state index contributed by atoms with van der Waals surface area (Å²) in [4.78, 5) is 29.8. The Hall–Kier alpha value is -2.28. The van der Waals surface area contributed by atoms with Crippen LogP contribution in [0.25, 0.3) is 0 Å². The van der Waals surface area contributed by atoms with E-state index in [4.69, 9.17) is 4.74 Å². The minimum Gasteiger partial charge on any atom is -0.477 e. The van der Waals surface area contributed by atoms with E-state index in [1.165, 1.54) is 12.1 Å². The number of aromatic nitrogens is 1. The van der Waals surface area contributed by atoms with E-state index in [0.717, 1.165) is 25.3 Å². The standard InChI is InChI=1S/C20H20BrFN2O3/c1-13-2-3-15(12-27-19-7-5-16(22)9-23-19)10-24(13)20(26)17-8-14(11-25)4-6-18(17)21/h4-9,11,13,15H,2-3,10,12H2,1H3/t13-,15-/m1/s1. The molecule has 0 radical (unpaired) electrons. The molecule has 1 amide bonds. The Bertz CT molecular complexity index is 828. The van der Waals surface area contributed by atoms with Crippen LogP contribution in [0.15, 0.2) is 41.0 Å². The lowest BCUT2D eigenvalue weighted by Gasteiger charge is -2.38. The van der Waals surface area contributed by atoms with E-state index in [1.807, 2.05) is 11.8 Å². The Morgan fingerprint density at radius 1 is 1.37 bits per heavy atom. The van der Waals surface area contributed by atoms with Crippen molar-refractivity contribution in [2.24, 2.45) is 5.92 Å². The van der Waals surface area contributed by atoms with Crippen LogP contribution in [0.4, 0.5) is 4.39 Å². The Morgan fingerprint density at radius 2 is 2.19 bits per heavy atom. The fourth-order valence-electron chi connectivity index (χ4n) is 3.19. The number of hydrogen-bond acceptors (Lipinski definition) is 4. The molecule has 5 nitrogen and oxygen atoms in total. The minimum absolute atomic E-state index is 0.101. The third-order valence-corrected chi connectivity index (χ3v) is 5.46. The first-order chi connectivity index (χ1) is 13.0. The number of pyridine rings is 1. The van der Waals surface area contributed by atoms with Crippen LogP contribution in [0.1, 0.15) is 40.5 Å². The monoisotopic (exact) mass is 434 g/mol. The van der Waals surface area contributed by atoms with Crippen molar-refractivity contribution >= 4 is 28.1 Å². The van der Waals surface area contributed by atoms with Crippen LogP contribution in [0.2, 0.25) is 0 Å². The Labute approximate surface area is 165 Å². The Morgan fingerprint density at radius 3 is 2.89 bits per heavy atom. The lowest BCUT2D eigenvalue weighted by molar-refractivity contribution is 0.0501. The smallest absolute Gasteiger partial charge is 0.255 e. The molecule has 1 aliphatic rings. The minimum atomic E-state index is -0.409. The van der Waals surface area contributed by atoms with E-state index in [2.05, 4.69) is 20.9 Å². The molecule has 7 heteroatoms. The molecule has 1 saturated heterocycles. The molecule has 0 spiro atoms. The van der Waals surface area contributed by atoms with Gasteiger partial charge in [-0.15, -0.1) is 0 Å². The first-order valence-corrected chi connectivity index (χ1v) is 9.57. The maximum atomic E-state index is 13.0. The van der Waals surface area contributed by atoms with Crippen LogP contribution in [0.3, 0.4) is 0 Å². The number of halogens is 2. The number of ether oxygens (including phenoxy) is 1. The van der Waals surface area contributed by atoms with Crippen molar-refractivity contribution in [2.45, 2.75) is 25.8 Å². The average molecular weight is 435 g/mol. The number of carbonyl (C=O) groups is 2. The molecule has 0 N–H and O–H groups in total. The molecule has 1 aromatic carbocycles. The highest BCUT2D eigenvalue weighted by atomic mass is 79.9. The van der Waals surface area contributed by atoms with Crippen LogP contribution >= 0.6 is 15.9 Å². The molecule has 142 valence electrons. The molecule has 2 heterocycles. The van der Waals surface area contributed by atoms with E-state index < -0.39 is 5.82 Å². The lowest BCUT2D eigenvalue weighted by Crippen LogP contribution is -2.46. The summed E-state index contributed by atoms with van der Waals surface area (Å²) < 4.78 is 19.2. The van der Waals surface area contributed by atoms with Crippen LogP contribution < -0.4 is 4.74 Å². The van der Waals surface area contributed by atoms with Gasteiger partial charge in [0.15, 0.2) is 0 Å². The predicted octanol–water partition coefficient (Wildman–Crippen LogP) is 4.12. The largest absolute Gasteiger partial charge is 0.477 e. The zero-order valence-corrected chi connectivity index (χ0v) is 16.5. The number of hydrogen-bond donors (Lipinski definition) is 0. The summed E-state index contributed by atoms with van der Waals surface area (Å²) in [6.07, 6.45) is 3.64. The molecule has 0 aliphatic carbocycles. The maximum Gasteiger partial charge on any atom is 0.255 e. The van der Waals surface area contributed by atoms with E-state index in [9.17, 15) is 14.0 Å². The zero-order valence-electron chi connectivity index (χ0n) is 14.9. The molecular weight excluding hydrogens is 415 g/mol. The molecule has 0 saturated carbocycles. The van der Waals surface area contributed by atoms with Gasteiger partial charge in [-0.25, -0.2) is 9.37 Å². The van der Waals surface area contributed by atoms with Gasteiger partial charge in [-0.05, 0) is 53.9 Å². The van der Waals surface area contributed by atoms with E-state index >= 15 is 0 Å². The van der Waals surface area contributed by atoms with E-state index in [0.29, 0.717) is 34.6 Å². The van der Waals surface area contributed by atoms with Crippen molar-refractivity contribution in [1.29, 1.82) is 0 Å². The van der Waals surface area contributed by atoms with Gasteiger partial charge in [-0.3, -0.25) is 9.59 Å². The van der Waals surface area contributed by atoms with Gasteiger partial charge in [0.1, 0.15) is 12.1 Å². The lowest BCUT2D eigenvalue weighted by atomic mass is 9.93. The summed E-state index contributed by atoms with van der Waals surface area (Å²) in [5.41, 5.74) is 0.946. The second kappa shape index (κ2) is 8.61. The molecule has 3 rings (SSSR count). The van der Waals surface area contributed by atoms with Crippen molar-refractivity contribution in [2.75, 3.05) is 13.2 Å². The topological polar surface area (TPSA) is 59.5 Å². The molecule has 2 aromatic rings. The highest BCUT2D eigenvalue weighted by Crippen LogP contribution is 2.27. The molecule has 1 aromatic heterocycles. The zero-order chi connectivity index (χ0) is 19.4. The summed E-state index contributed by atoms with van der Waals surface area (Å²) in [6.45, 7) is 2.98. The summed E-state index contributed by atoms with van der Waals surface area (Å²) in [7, 11) is 0. The van der Waals surface area contributed by atoms with Gasteiger partial charge in [-0.2, -0.15) is 0 Å². The summed E-state index contributed by atoms with van der Waals surface area (Å²) >= 11 is 3.40. The van der Waals surface area contributed by atoms with Gasteiger partial charge in [0.25, 0.3) is 5.91 Å². The van der Waals surface area contributed by atoms with Crippen LogP contribution in [-0.4, -0.2) is 41.3 Å². The SMILES string of the molecule is C[C@@H]1CC[C@@H](COc2ccc(F)cn2)CN1C(=O)c1cc(C=O)ccc1Br. The quantitative estimate of drug-likeness (QED) is 0.664. The molecule has 2 atom stereocenters. The van der Waals surface area contributed by atoms with Crippen molar-refractivity contribution < 1.29 is 18.7 Å². The average Bonchev–Trinajstić information content (AvgIpc) is 2.68. The summed E-state index contributed by atoms with van der Waals surface area (Å²) in [5.74, 6) is 0.00999. The highest BCUT2D eigenvalue weighted by molar-refractivity contribution is 9.10. The molecule has 1 fully saturated rings. The van der Waals surface area contributed by atoms with Crippen molar-refractivity contribution in [3.05, 3.63) is 57.9 Å². The number of benzene rings is 1. The number of rotatable bonds is 5. The van der Waals surface area contributed by atoms with Crippen LogP contribution in [0.5, 0.6) is 5.88 Å². The molecule has 0 bridgehead atoms. The van der Waals surface area contributed by atoms with Gasteiger partial charge in [0, 0.05) is 34.6 Å². The Balaban J connectivity index is 1.68. The summed E-state index contributed by atoms with van der Waals surface area (Å²) in [5, 5.41) is 0.